The summed E-state index contributed by atoms with van der Waals surface area (Å²) in [6.45, 7) is 5.44. The number of ether oxygens (including phenoxy) is 1. The van der Waals surface area contributed by atoms with E-state index in [9.17, 15) is 9.59 Å². The van der Waals surface area contributed by atoms with E-state index in [1.165, 1.54) is 25.7 Å². The zero-order chi connectivity index (χ0) is 15.5. The Kier molecular flexibility index (Phi) is 5.08. The van der Waals surface area contributed by atoms with E-state index in [4.69, 9.17) is 9.84 Å². The number of carbonyl (C=O) groups excluding carboxylic acids is 1. The number of nitrogens with zero attached hydrogens (tertiary/aromatic N) is 1. The van der Waals surface area contributed by atoms with Crippen molar-refractivity contribution < 1.29 is 19.4 Å². The van der Waals surface area contributed by atoms with Gasteiger partial charge in [-0.1, -0.05) is 19.8 Å². The van der Waals surface area contributed by atoms with Crippen LogP contribution in [0.2, 0.25) is 0 Å². The number of carboxylic acids is 1. The first-order valence-electron chi connectivity index (χ1n) is 7.76. The SMILES string of the molecule is CC1CCCC(CNC(=O)N2CC(C)(OCC(=O)O)C2)C1. The fourth-order valence-electron chi connectivity index (χ4n) is 3.32. The number of nitrogens with one attached hydrogen (secondary N) is 1. The molecule has 6 heteroatoms. The lowest BCUT2D eigenvalue weighted by Crippen LogP contribution is -2.65. The molecule has 21 heavy (non-hydrogen) atoms. The van der Waals surface area contributed by atoms with E-state index in [1.54, 1.807) is 4.90 Å². The summed E-state index contributed by atoms with van der Waals surface area (Å²) in [6, 6.07) is -0.0652. The lowest BCUT2D eigenvalue weighted by atomic mass is 9.82. The number of urea groups is 1. The Morgan fingerprint density at radius 3 is 2.71 bits per heavy atom. The Bertz CT molecular complexity index is 393. The van der Waals surface area contributed by atoms with Crippen LogP contribution in [0.15, 0.2) is 0 Å². The highest BCUT2D eigenvalue weighted by Crippen LogP contribution is 2.28. The Morgan fingerprint density at radius 2 is 2.10 bits per heavy atom. The Labute approximate surface area is 125 Å². The lowest BCUT2D eigenvalue weighted by molar-refractivity contribution is -0.159. The van der Waals surface area contributed by atoms with Crippen molar-refractivity contribution in [2.45, 2.75) is 45.1 Å². The van der Waals surface area contributed by atoms with Gasteiger partial charge in [-0.05, 0) is 31.6 Å². The number of likely N-dealkylation sites (tertiary alicyclic amines) is 1. The minimum Gasteiger partial charge on any atom is -0.480 e. The molecule has 2 fully saturated rings. The first-order chi connectivity index (χ1) is 9.88. The van der Waals surface area contributed by atoms with Crippen LogP contribution in [0.3, 0.4) is 0 Å². The fraction of sp³-hybridized carbons (Fsp3) is 0.867. The number of amides is 2. The molecule has 2 unspecified atom stereocenters. The molecule has 2 aliphatic rings. The summed E-state index contributed by atoms with van der Waals surface area (Å²) in [5.41, 5.74) is -0.519. The average molecular weight is 298 g/mol. The number of carbonyl (C=O) groups is 2. The number of rotatable bonds is 5. The maximum Gasteiger partial charge on any atom is 0.329 e. The van der Waals surface area contributed by atoms with Gasteiger partial charge in [0.1, 0.15) is 12.2 Å². The number of hydrogen-bond acceptors (Lipinski definition) is 3. The highest BCUT2D eigenvalue weighted by molar-refractivity contribution is 5.75. The molecule has 1 heterocycles. The standard InChI is InChI=1S/C15H26N2O4/c1-11-4-3-5-12(6-11)7-16-14(20)17-9-15(2,10-17)21-8-13(18)19/h11-12H,3-10H2,1-2H3,(H,16,20)(H,18,19). The molecule has 120 valence electrons. The van der Waals surface area contributed by atoms with Crippen molar-refractivity contribution in [1.29, 1.82) is 0 Å². The third-order valence-electron chi connectivity index (χ3n) is 4.47. The van der Waals surface area contributed by atoms with Crippen LogP contribution in [0, 0.1) is 11.8 Å². The predicted molar refractivity (Wildman–Crippen MR) is 78.1 cm³/mol. The Hall–Kier alpha value is -1.30. The molecule has 0 aromatic carbocycles. The van der Waals surface area contributed by atoms with Gasteiger partial charge in [-0.3, -0.25) is 0 Å². The van der Waals surface area contributed by atoms with Gasteiger partial charge < -0.3 is 20.1 Å². The first kappa shape index (κ1) is 16.1. The highest BCUT2D eigenvalue weighted by atomic mass is 16.5. The summed E-state index contributed by atoms with van der Waals surface area (Å²) < 4.78 is 5.29. The van der Waals surface area contributed by atoms with Crippen molar-refractivity contribution in [3.8, 4) is 0 Å². The molecule has 0 bridgehead atoms. The van der Waals surface area contributed by atoms with Gasteiger partial charge in [0.2, 0.25) is 0 Å². The van der Waals surface area contributed by atoms with Crippen molar-refractivity contribution >= 4 is 12.0 Å². The second-order valence-corrected chi connectivity index (χ2v) is 6.81. The van der Waals surface area contributed by atoms with E-state index in [-0.39, 0.29) is 12.6 Å². The van der Waals surface area contributed by atoms with Crippen molar-refractivity contribution in [3.05, 3.63) is 0 Å². The summed E-state index contributed by atoms with van der Waals surface area (Å²) in [5.74, 6) is 0.372. The molecule has 0 aromatic heterocycles. The van der Waals surface area contributed by atoms with Gasteiger partial charge in [0.15, 0.2) is 0 Å². The molecule has 2 atom stereocenters. The molecule has 1 aliphatic heterocycles. The second kappa shape index (κ2) is 6.64. The maximum atomic E-state index is 12.0. The van der Waals surface area contributed by atoms with E-state index >= 15 is 0 Å². The predicted octanol–water partition coefficient (Wildman–Crippen LogP) is 1.70. The van der Waals surface area contributed by atoms with Crippen LogP contribution in [-0.2, 0) is 9.53 Å². The molecule has 0 spiro atoms. The molecular formula is C15H26N2O4. The molecule has 0 aromatic rings. The largest absolute Gasteiger partial charge is 0.480 e. The molecule has 2 N–H and O–H groups in total. The third kappa shape index (κ3) is 4.59. The molecule has 1 aliphatic carbocycles. The van der Waals surface area contributed by atoms with E-state index in [0.29, 0.717) is 19.0 Å². The Balaban J connectivity index is 1.65. The molecule has 1 saturated heterocycles. The molecular weight excluding hydrogens is 272 g/mol. The van der Waals surface area contributed by atoms with Gasteiger partial charge in [-0.25, -0.2) is 9.59 Å². The molecule has 2 rings (SSSR count). The van der Waals surface area contributed by atoms with Crippen molar-refractivity contribution in [2.24, 2.45) is 11.8 Å². The molecule has 1 saturated carbocycles. The zero-order valence-corrected chi connectivity index (χ0v) is 12.9. The summed E-state index contributed by atoms with van der Waals surface area (Å²) in [5, 5.41) is 11.6. The van der Waals surface area contributed by atoms with Crippen LogP contribution in [0.1, 0.15) is 39.5 Å². The Morgan fingerprint density at radius 1 is 1.38 bits per heavy atom. The van der Waals surface area contributed by atoms with E-state index in [0.717, 1.165) is 12.5 Å². The third-order valence-corrected chi connectivity index (χ3v) is 4.47. The summed E-state index contributed by atoms with van der Waals surface area (Å²) in [7, 11) is 0. The zero-order valence-electron chi connectivity index (χ0n) is 12.9. The second-order valence-electron chi connectivity index (χ2n) is 6.81. The van der Waals surface area contributed by atoms with E-state index in [2.05, 4.69) is 12.2 Å². The topological polar surface area (TPSA) is 78.9 Å². The van der Waals surface area contributed by atoms with Crippen LogP contribution in [0.25, 0.3) is 0 Å². The summed E-state index contributed by atoms with van der Waals surface area (Å²) >= 11 is 0. The smallest absolute Gasteiger partial charge is 0.329 e. The lowest BCUT2D eigenvalue weighted by Gasteiger charge is -2.47. The van der Waals surface area contributed by atoms with Crippen LogP contribution < -0.4 is 5.32 Å². The van der Waals surface area contributed by atoms with Crippen molar-refractivity contribution in [2.75, 3.05) is 26.2 Å². The molecule has 6 nitrogen and oxygen atoms in total. The van der Waals surface area contributed by atoms with E-state index < -0.39 is 11.6 Å². The summed E-state index contributed by atoms with van der Waals surface area (Å²) in [6.07, 6.45) is 4.95. The van der Waals surface area contributed by atoms with Crippen LogP contribution >= 0.6 is 0 Å². The quantitative estimate of drug-likeness (QED) is 0.809. The first-order valence-corrected chi connectivity index (χ1v) is 7.76. The van der Waals surface area contributed by atoms with Crippen molar-refractivity contribution in [3.63, 3.8) is 0 Å². The van der Waals surface area contributed by atoms with Crippen LogP contribution in [0.4, 0.5) is 4.79 Å². The van der Waals surface area contributed by atoms with Gasteiger partial charge in [0.05, 0.1) is 13.1 Å². The van der Waals surface area contributed by atoms with Crippen LogP contribution in [-0.4, -0.2) is 53.8 Å². The van der Waals surface area contributed by atoms with Gasteiger partial charge in [-0.15, -0.1) is 0 Å². The van der Waals surface area contributed by atoms with Gasteiger partial charge >= 0.3 is 12.0 Å². The van der Waals surface area contributed by atoms with Gasteiger partial charge in [0, 0.05) is 6.54 Å². The van der Waals surface area contributed by atoms with Crippen molar-refractivity contribution in [1.82, 2.24) is 10.2 Å². The minimum atomic E-state index is -0.981. The number of carboxylic acid groups (broad SMARTS) is 1. The average Bonchev–Trinajstić information content (AvgIpc) is 2.39. The van der Waals surface area contributed by atoms with Crippen LogP contribution in [0.5, 0.6) is 0 Å². The van der Waals surface area contributed by atoms with Gasteiger partial charge in [0.25, 0.3) is 0 Å². The highest BCUT2D eigenvalue weighted by Gasteiger charge is 2.42. The number of aliphatic carboxylic acids is 1. The monoisotopic (exact) mass is 298 g/mol. The molecule has 2 amide bonds. The molecule has 0 radical (unpaired) electrons. The minimum absolute atomic E-state index is 0.0652. The fourth-order valence-corrected chi connectivity index (χ4v) is 3.32. The van der Waals surface area contributed by atoms with Gasteiger partial charge in [-0.2, -0.15) is 0 Å². The van der Waals surface area contributed by atoms with E-state index in [1.807, 2.05) is 6.92 Å². The maximum absolute atomic E-state index is 12.0. The number of hydrogen-bond donors (Lipinski definition) is 2. The summed E-state index contributed by atoms with van der Waals surface area (Å²) in [4.78, 5) is 24.2. The normalized spacial score (nSPS) is 27.8.